The molecule has 0 aliphatic carbocycles. The summed E-state index contributed by atoms with van der Waals surface area (Å²) in [5.41, 5.74) is 0. The maximum absolute atomic E-state index is 11.9. The minimum atomic E-state index is -0.610. The van der Waals surface area contributed by atoms with E-state index >= 15 is 0 Å². The summed E-state index contributed by atoms with van der Waals surface area (Å²) in [5.74, 6) is -0.357. The molecule has 2 radical (unpaired) electrons. The van der Waals surface area contributed by atoms with E-state index < -0.39 is 12.2 Å². The van der Waals surface area contributed by atoms with Crippen LogP contribution >= 0.6 is 0 Å². The fraction of sp³-hybridized carbons (Fsp3) is 0.778. The molecule has 1 rings (SSSR count). The lowest BCUT2D eigenvalue weighted by molar-refractivity contribution is -0.146. The van der Waals surface area contributed by atoms with Crippen LogP contribution in [0.2, 0.25) is 0 Å². The number of likely N-dealkylation sites (tertiary alicyclic amines) is 1. The van der Waals surface area contributed by atoms with Crippen LogP contribution in [-0.2, 0) is 14.3 Å². The maximum atomic E-state index is 11.9. The summed E-state index contributed by atoms with van der Waals surface area (Å²) in [6.07, 6.45) is 4.58. The Kier molecular flexibility index (Phi) is 10.5. The van der Waals surface area contributed by atoms with Crippen molar-refractivity contribution in [2.24, 2.45) is 0 Å². The predicted molar refractivity (Wildman–Crippen MR) is 93.3 cm³/mol. The lowest BCUT2D eigenvalue weighted by Crippen LogP contribution is -2.35. The Morgan fingerprint density at radius 2 is 1.88 bits per heavy atom. The van der Waals surface area contributed by atoms with E-state index in [1.807, 2.05) is 0 Å². The lowest BCUT2D eigenvalue weighted by atomic mass is 10.1. The molecule has 1 unspecified atom stereocenters. The molecule has 6 heteroatoms. The molecule has 1 N–H and O–H groups in total. The fourth-order valence-corrected chi connectivity index (χ4v) is 2.73. The highest BCUT2D eigenvalue weighted by Crippen LogP contribution is 2.13. The second kappa shape index (κ2) is 12.1. The third-order valence-corrected chi connectivity index (χ3v) is 4.02. The summed E-state index contributed by atoms with van der Waals surface area (Å²) in [4.78, 5) is 25.8. The smallest absolute Gasteiger partial charge is 0.407 e. The summed E-state index contributed by atoms with van der Waals surface area (Å²) in [5, 5.41) is 2.80. The molecule has 0 aromatic heterocycles. The maximum Gasteiger partial charge on any atom is 0.407 e. The summed E-state index contributed by atoms with van der Waals surface area (Å²) in [6, 6.07) is 0. The first-order chi connectivity index (χ1) is 11.5. The second-order valence-corrected chi connectivity index (χ2v) is 6.30. The number of hydrogen-bond donors (Lipinski definition) is 1. The van der Waals surface area contributed by atoms with Crippen molar-refractivity contribution in [3.63, 3.8) is 0 Å². The number of hydrogen-bond acceptors (Lipinski definition) is 5. The average Bonchev–Trinajstić information content (AvgIpc) is 3.02. The van der Waals surface area contributed by atoms with Gasteiger partial charge in [-0.25, -0.2) is 4.79 Å². The van der Waals surface area contributed by atoms with Crippen molar-refractivity contribution in [3.05, 3.63) is 13.8 Å². The van der Waals surface area contributed by atoms with Gasteiger partial charge in [0.1, 0.15) is 12.2 Å². The number of amides is 1. The Morgan fingerprint density at radius 3 is 2.50 bits per heavy atom. The molecule has 1 aliphatic heterocycles. The summed E-state index contributed by atoms with van der Waals surface area (Å²) in [6.45, 7) is 12.8. The number of unbranched alkanes of at least 4 members (excludes halogenated alkanes) is 1. The second-order valence-electron chi connectivity index (χ2n) is 6.30. The number of carbonyl (C=O) groups excluding carboxylic acids is 2. The molecule has 0 spiro atoms. The Bertz CT molecular complexity index is 368. The number of ether oxygens (including phenoxy) is 2. The highest BCUT2D eigenvalue weighted by atomic mass is 16.6. The Hall–Kier alpha value is -1.30. The zero-order chi connectivity index (χ0) is 17.8. The van der Waals surface area contributed by atoms with Gasteiger partial charge in [-0.1, -0.05) is 19.8 Å². The third kappa shape index (κ3) is 9.75. The molecule has 0 aromatic carbocycles. The molecule has 1 heterocycles. The molecule has 6 nitrogen and oxygen atoms in total. The number of esters is 1. The van der Waals surface area contributed by atoms with Crippen molar-refractivity contribution in [2.45, 2.75) is 64.1 Å². The lowest BCUT2D eigenvalue weighted by Gasteiger charge is -2.19. The number of nitrogens with one attached hydrogen (secondary N) is 1. The number of nitrogens with zero attached hydrogens (tertiary/aromatic N) is 1. The predicted octanol–water partition coefficient (Wildman–Crippen LogP) is 2.73. The van der Waals surface area contributed by atoms with Gasteiger partial charge in [0.25, 0.3) is 0 Å². The summed E-state index contributed by atoms with van der Waals surface area (Å²) in [7, 11) is 0. The third-order valence-electron chi connectivity index (χ3n) is 4.02. The zero-order valence-corrected chi connectivity index (χ0v) is 14.9. The van der Waals surface area contributed by atoms with Crippen LogP contribution in [0.15, 0.2) is 0 Å². The van der Waals surface area contributed by atoms with E-state index in [0.29, 0.717) is 13.0 Å². The standard InChI is InChI=1S/C18H32N2O4/c1-4-5-8-16(9-10-17(21)23-15(2)3)24-18(22)19-11-14-20-12-6-7-13-20/h15-16H,2-14H2,1H3,(H,19,22). The molecule has 1 fully saturated rings. The Balaban J connectivity index is 2.26. The van der Waals surface area contributed by atoms with Crippen molar-refractivity contribution in [3.8, 4) is 0 Å². The largest absolute Gasteiger partial charge is 0.462 e. The van der Waals surface area contributed by atoms with E-state index in [4.69, 9.17) is 9.47 Å². The summed E-state index contributed by atoms with van der Waals surface area (Å²) >= 11 is 0. The number of rotatable bonds is 11. The average molecular weight is 340 g/mol. The van der Waals surface area contributed by atoms with Crippen LogP contribution in [0.3, 0.4) is 0 Å². The normalized spacial score (nSPS) is 16.2. The van der Waals surface area contributed by atoms with Crippen LogP contribution in [0.25, 0.3) is 0 Å². The Labute approximate surface area is 146 Å². The van der Waals surface area contributed by atoms with Crippen LogP contribution in [-0.4, -0.2) is 55.3 Å². The van der Waals surface area contributed by atoms with Gasteiger partial charge >= 0.3 is 12.1 Å². The number of carbonyl (C=O) groups is 2. The van der Waals surface area contributed by atoms with Gasteiger partial charge in [0.15, 0.2) is 0 Å². The van der Waals surface area contributed by atoms with Crippen molar-refractivity contribution in [1.29, 1.82) is 0 Å². The molecule has 0 saturated carbocycles. The van der Waals surface area contributed by atoms with Gasteiger partial charge in [0.2, 0.25) is 0 Å². The van der Waals surface area contributed by atoms with Crippen molar-refractivity contribution < 1.29 is 19.1 Å². The topological polar surface area (TPSA) is 67.9 Å². The van der Waals surface area contributed by atoms with Gasteiger partial charge in [0.05, 0.1) is 0 Å². The van der Waals surface area contributed by atoms with Gasteiger partial charge in [-0.05, 0) is 52.6 Å². The zero-order valence-electron chi connectivity index (χ0n) is 14.9. The van der Waals surface area contributed by atoms with Crippen LogP contribution in [0, 0.1) is 13.8 Å². The van der Waals surface area contributed by atoms with E-state index in [9.17, 15) is 9.59 Å². The molecule has 1 saturated heterocycles. The molecule has 0 bridgehead atoms. The van der Waals surface area contributed by atoms with Gasteiger partial charge in [-0.3, -0.25) is 4.79 Å². The van der Waals surface area contributed by atoms with Crippen molar-refractivity contribution in [2.75, 3.05) is 26.2 Å². The van der Waals surface area contributed by atoms with Crippen molar-refractivity contribution in [1.82, 2.24) is 10.2 Å². The quantitative estimate of drug-likeness (QED) is 0.586. The monoisotopic (exact) mass is 340 g/mol. The first kappa shape index (κ1) is 20.7. The highest BCUT2D eigenvalue weighted by Gasteiger charge is 2.17. The minimum absolute atomic E-state index is 0.205. The Morgan fingerprint density at radius 1 is 1.17 bits per heavy atom. The van der Waals surface area contributed by atoms with E-state index in [1.165, 1.54) is 12.8 Å². The van der Waals surface area contributed by atoms with Crippen LogP contribution < -0.4 is 5.32 Å². The minimum Gasteiger partial charge on any atom is -0.462 e. The van der Waals surface area contributed by atoms with Crippen LogP contribution in [0.1, 0.15) is 51.9 Å². The van der Waals surface area contributed by atoms with Crippen molar-refractivity contribution >= 4 is 12.1 Å². The SMILES string of the molecule is [CH2]C([CH2])OC(=O)CCC(CCCC)OC(=O)NCCN1CCCC1. The van der Waals surface area contributed by atoms with Crippen LogP contribution in [0.5, 0.6) is 0 Å². The van der Waals surface area contributed by atoms with E-state index in [1.54, 1.807) is 0 Å². The molecule has 1 amide bonds. The molecule has 138 valence electrons. The van der Waals surface area contributed by atoms with E-state index in [-0.39, 0.29) is 18.5 Å². The van der Waals surface area contributed by atoms with E-state index in [2.05, 4.69) is 31.0 Å². The molecule has 0 aromatic rings. The summed E-state index contributed by atoms with van der Waals surface area (Å²) < 4.78 is 10.4. The van der Waals surface area contributed by atoms with Gasteiger partial charge in [-0.15, -0.1) is 0 Å². The molecular weight excluding hydrogens is 308 g/mol. The van der Waals surface area contributed by atoms with Gasteiger partial charge in [0, 0.05) is 19.5 Å². The van der Waals surface area contributed by atoms with Crippen LogP contribution in [0.4, 0.5) is 4.79 Å². The van der Waals surface area contributed by atoms with Gasteiger partial charge in [-0.2, -0.15) is 0 Å². The van der Waals surface area contributed by atoms with Gasteiger partial charge < -0.3 is 19.7 Å². The molecule has 1 aliphatic rings. The number of alkyl carbamates (subject to hydrolysis) is 1. The highest BCUT2D eigenvalue weighted by molar-refractivity contribution is 5.70. The fourth-order valence-electron chi connectivity index (χ4n) is 2.73. The van der Waals surface area contributed by atoms with E-state index in [0.717, 1.165) is 38.9 Å². The molecule has 1 atom stereocenters. The molecule has 24 heavy (non-hydrogen) atoms. The molecular formula is C18H32N2O4. The first-order valence-electron chi connectivity index (χ1n) is 9.03. The first-order valence-corrected chi connectivity index (χ1v) is 9.03.